The van der Waals surface area contributed by atoms with Crippen molar-refractivity contribution in [1.82, 2.24) is 4.90 Å². The second-order valence-electron chi connectivity index (χ2n) is 6.80. The van der Waals surface area contributed by atoms with Crippen LogP contribution in [0.3, 0.4) is 0 Å². The number of nitrogens with zero attached hydrogens (tertiary/aromatic N) is 2. The number of nitriles is 1. The van der Waals surface area contributed by atoms with Crippen LogP contribution < -0.4 is 5.73 Å². The fourth-order valence-electron chi connectivity index (χ4n) is 4.07. The van der Waals surface area contributed by atoms with Crippen LogP contribution in [0.1, 0.15) is 43.2 Å². The quantitative estimate of drug-likeness (QED) is 0.659. The Labute approximate surface area is 136 Å². The number of Topliss-reactive ketones (excluding diaryl/α,β-unsaturated/α-hetero) is 1. The molecule has 2 aliphatic rings. The Balaban J connectivity index is 1.67. The van der Waals surface area contributed by atoms with Crippen molar-refractivity contribution in [2.75, 3.05) is 12.8 Å². The monoisotopic (exact) mass is 310 g/mol. The highest BCUT2D eigenvalue weighted by Gasteiger charge is 2.39. The van der Waals surface area contributed by atoms with Crippen molar-refractivity contribution in [3.63, 3.8) is 0 Å². The number of piperidine rings is 1. The molecule has 2 bridgehead atoms. The van der Waals surface area contributed by atoms with Crippen LogP contribution in [-0.2, 0) is 4.79 Å². The molecule has 0 amide bonds. The van der Waals surface area contributed by atoms with Gasteiger partial charge in [0.15, 0.2) is 5.78 Å². The first-order chi connectivity index (χ1) is 11.0. The maximum Gasteiger partial charge on any atom is 0.181 e. The summed E-state index contributed by atoms with van der Waals surface area (Å²) >= 11 is 0. The van der Waals surface area contributed by atoms with E-state index in [2.05, 4.69) is 11.9 Å². The average Bonchev–Trinajstić information content (AvgIpc) is 2.75. The van der Waals surface area contributed by atoms with Crippen LogP contribution in [0, 0.1) is 22.7 Å². The standard InChI is InChI=1S/C18H22N4O/c1-22-13-3-4-14(22)7-12(6-13)9-17(23)18(21)15-5-2-11(10-19)8-16(15)20/h2,5,8,12-14,21H,3-4,6-7,9,20H2,1H3. The van der Waals surface area contributed by atoms with Gasteiger partial charge in [-0.3, -0.25) is 10.2 Å². The zero-order valence-corrected chi connectivity index (χ0v) is 13.4. The van der Waals surface area contributed by atoms with Crippen LogP contribution in [0.15, 0.2) is 18.2 Å². The van der Waals surface area contributed by atoms with E-state index in [1.54, 1.807) is 12.1 Å². The minimum absolute atomic E-state index is 0.0294. The van der Waals surface area contributed by atoms with Gasteiger partial charge in [-0.15, -0.1) is 0 Å². The second-order valence-corrected chi connectivity index (χ2v) is 6.80. The molecule has 3 N–H and O–H groups in total. The number of nitrogens with two attached hydrogens (primary N) is 1. The van der Waals surface area contributed by atoms with E-state index in [-0.39, 0.29) is 11.5 Å². The lowest BCUT2D eigenvalue weighted by Crippen LogP contribution is -2.40. The van der Waals surface area contributed by atoms with Crippen molar-refractivity contribution in [2.24, 2.45) is 5.92 Å². The van der Waals surface area contributed by atoms with Crippen LogP contribution in [-0.4, -0.2) is 35.5 Å². The molecule has 2 fully saturated rings. The summed E-state index contributed by atoms with van der Waals surface area (Å²) in [5, 5.41) is 17.0. The molecule has 5 heteroatoms. The molecule has 2 unspecified atom stereocenters. The molecule has 5 nitrogen and oxygen atoms in total. The molecule has 23 heavy (non-hydrogen) atoms. The summed E-state index contributed by atoms with van der Waals surface area (Å²) in [7, 11) is 2.18. The number of benzene rings is 1. The molecule has 2 aliphatic heterocycles. The van der Waals surface area contributed by atoms with Crippen molar-refractivity contribution < 1.29 is 4.79 Å². The molecular weight excluding hydrogens is 288 g/mol. The molecule has 3 rings (SSSR count). The zero-order chi connectivity index (χ0) is 16.6. The van der Waals surface area contributed by atoms with E-state index in [1.807, 2.05) is 6.07 Å². The number of fused-ring (bicyclic) bond motifs is 2. The Bertz CT molecular complexity index is 677. The van der Waals surface area contributed by atoms with Crippen molar-refractivity contribution >= 4 is 17.2 Å². The minimum Gasteiger partial charge on any atom is -0.398 e. The molecule has 0 saturated carbocycles. The molecule has 0 aromatic heterocycles. The van der Waals surface area contributed by atoms with Crippen molar-refractivity contribution in [3.05, 3.63) is 29.3 Å². The van der Waals surface area contributed by atoms with Crippen LogP contribution in [0.4, 0.5) is 5.69 Å². The summed E-state index contributed by atoms with van der Waals surface area (Å²) in [6, 6.07) is 7.93. The van der Waals surface area contributed by atoms with E-state index < -0.39 is 0 Å². The molecule has 120 valence electrons. The molecule has 2 atom stereocenters. The molecule has 1 aromatic rings. The highest BCUT2D eigenvalue weighted by atomic mass is 16.1. The molecular formula is C18H22N4O. The Morgan fingerprint density at radius 1 is 1.39 bits per heavy atom. The highest BCUT2D eigenvalue weighted by molar-refractivity contribution is 6.46. The van der Waals surface area contributed by atoms with Crippen LogP contribution in [0.5, 0.6) is 0 Å². The van der Waals surface area contributed by atoms with Gasteiger partial charge in [0.2, 0.25) is 0 Å². The van der Waals surface area contributed by atoms with Gasteiger partial charge in [0.05, 0.1) is 11.6 Å². The van der Waals surface area contributed by atoms with Gasteiger partial charge in [-0.25, -0.2) is 0 Å². The summed E-state index contributed by atoms with van der Waals surface area (Å²) < 4.78 is 0. The third kappa shape index (κ3) is 2.99. The number of anilines is 1. The van der Waals surface area contributed by atoms with E-state index in [4.69, 9.17) is 16.4 Å². The number of carbonyl (C=O) groups excluding carboxylic acids is 1. The van der Waals surface area contributed by atoms with E-state index in [0.29, 0.717) is 41.2 Å². The van der Waals surface area contributed by atoms with Crippen LogP contribution in [0.25, 0.3) is 0 Å². The summed E-state index contributed by atoms with van der Waals surface area (Å²) in [4.78, 5) is 14.9. The number of rotatable bonds is 4. The average molecular weight is 310 g/mol. The van der Waals surface area contributed by atoms with Crippen molar-refractivity contribution in [3.8, 4) is 6.07 Å². The largest absolute Gasteiger partial charge is 0.398 e. The number of nitrogens with one attached hydrogen (secondary N) is 1. The third-order valence-electron chi connectivity index (χ3n) is 5.40. The fraction of sp³-hybridized carbons (Fsp3) is 0.500. The van der Waals surface area contributed by atoms with E-state index in [0.717, 1.165) is 12.8 Å². The predicted octanol–water partition coefficient (Wildman–Crippen LogP) is 2.34. The topological polar surface area (TPSA) is 94.0 Å². The van der Waals surface area contributed by atoms with Gasteiger partial charge in [-0.05, 0) is 56.8 Å². The lowest BCUT2D eigenvalue weighted by atomic mass is 9.85. The molecule has 2 heterocycles. The Hall–Kier alpha value is -2.19. The van der Waals surface area contributed by atoms with Crippen LogP contribution >= 0.6 is 0 Å². The SMILES string of the molecule is CN1C2CCC1CC(CC(=O)C(=N)c1ccc(C#N)cc1N)C2. The smallest absolute Gasteiger partial charge is 0.181 e. The van der Waals surface area contributed by atoms with Crippen molar-refractivity contribution in [1.29, 1.82) is 10.7 Å². The van der Waals surface area contributed by atoms with Gasteiger partial charge in [0.25, 0.3) is 0 Å². The van der Waals surface area contributed by atoms with Gasteiger partial charge in [0, 0.05) is 29.8 Å². The fourth-order valence-corrected chi connectivity index (χ4v) is 4.07. The number of ketones is 1. The lowest BCUT2D eigenvalue weighted by Gasteiger charge is -2.36. The van der Waals surface area contributed by atoms with Gasteiger partial charge >= 0.3 is 0 Å². The Kier molecular flexibility index (Phi) is 4.18. The molecule has 0 aliphatic carbocycles. The first kappa shape index (κ1) is 15.7. The summed E-state index contributed by atoms with van der Waals surface area (Å²) in [6.45, 7) is 0. The normalized spacial score (nSPS) is 26.7. The van der Waals surface area contributed by atoms with Crippen LogP contribution in [0.2, 0.25) is 0 Å². The summed E-state index contributed by atoms with van der Waals surface area (Å²) in [6.07, 6.45) is 4.99. The number of hydrogen-bond donors (Lipinski definition) is 2. The number of carbonyl (C=O) groups is 1. The van der Waals surface area contributed by atoms with Gasteiger partial charge < -0.3 is 10.6 Å². The van der Waals surface area contributed by atoms with Crippen molar-refractivity contribution in [2.45, 2.75) is 44.2 Å². The predicted molar refractivity (Wildman–Crippen MR) is 89.3 cm³/mol. The Morgan fingerprint density at radius 3 is 2.61 bits per heavy atom. The van der Waals surface area contributed by atoms with Gasteiger partial charge in [-0.1, -0.05) is 0 Å². The summed E-state index contributed by atoms with van der Waals surface area (Å²) in [5.74, 6) is 0.228. The maximum absolute atomic E-state index is 12.5. The van der Waals surface area contributed by atoms with Gasteiger partial charge in [0.1, 0.15) is 5.71 Å². The highest BCUT2D eigenvalue weighted by Crippen LogP contribution is 2.38. The molecule has 1 aromatic carbocycles. The van der Waals surface area contributed by atoms with Gasteiger partial charge in [-0.2, -0.15) is 5.26 Å². The second kappa shape index (κ2) is 6.13. The zero-order valence-electron chi connectivity index (χ0n) is 13.4. The minimum atomic E-state index is -0.143. The van der Waals surface area contributed by atoms with E-state index in [9.17, 15) is 4.79 Å². The molecule has 0 spiro atoms. The lowest BCUT2D eigenvalue weighted by molar-refractivity contribution is -0.114. The first-order valence-electron chi connectivity index (χ1n) is 8.13. The van der Waals surface area contributed by atoms with E-state index >= 15 is 0 Å². The maximum atomic E-state index is 12.5. The number of nitrogen functional groups attached to an aromatic ring is 1. The summed E-state index contributed by atoms with van der Waals surface area (Å²) in [5.41, 5.74) is 7.06. The van der Waals surface area contributed by atoms with E-state index in [1.165, 1.54) is 18.9 Å². The first-order valence-corrected chi connectivity index (χ1v) is 8.13. The Morgan fingerprint density at radius 2 is 2.04 bits per heavy atom. The molecule has 2 saturated heterocycles. The number of hydrogen-bond acceptors (Lipinski definition) is 5. The third-order valence-corrected chi connectivity index (χ3v) is 5.40. The molecule has 0 radical (unpaired) electrons.